The highest BCUT2D eigenvalue weighted by molar-refractivity contribution is 5.05. The van der Waals surface area contributed by atoms with Crippen LogP contribution >= 0.6 is 0 Å². The number of aliphatic hydroxyl groups is 2. The van der Waals surface area contributed by atoms with E-state index in [9.17, 15) is 5.11 Å². The molecule has 1 heterocycles. The van der Waals surface area contributed by atoms with Crippen LogP contribution in [0.15, 0.2) is 12.4 Å². The molecule has 5 nitrogen and oxygen atoms in total. The summed E-state index contributed by atoms with van der Waals surface area (Å²) in [7, 11) is 0. The predicted octanol–water partition coefficient (Wildman–Crippen LogP) is 0.660. The van der Waals surface area contributed by atoms with Crippen LogP contribution in [0.4, 0.5) is 0 Å². The average molecular weight is 253 g/mol. The third-order valence-electron chi connectivity index (χ3n) is 3.80. The van der Waals surface area contributed by atoms with Gasteiger partial charge in [-0.3, -0.25) is 4.68 Å². The molecule has 0 unspecified atom stereocenters. The maximum Gasteiger partial charge on any atom is 0.0640 e. The Hall–Kier alpha value is -0.910. The molecule has 1 aromatic rings. The van der Waals surface area contributed by atoms with Gasteiger partial charge in [-0.1, -0.05) is 19.3 Å². The molecule has 3 N–H and O–H groups in total. The summed E-state index contributed by atoms with van der Waals surface area (Å²) in [5, 5.41) is 26.1. The first kappa shape index (κ1) is 13.5. The Morgan fingerprint density at radius 2 is 2.06 bits per heavy atom. The molecule has 1 aromatic heterocycles. The largest absolute Gasteiger partial charge is 0.394 e. The van der Waals surface area contributed by atoms with E-state index in [1.807, 2.05) is 12.4 Å². The first-order valence-corrected chi connectivity index (χ1v) is 6.76. The van der Waals surface area contributed by atoms with Crippen molar-refractivity contribution in [3.8, 4) is 0 Å². The van der Waals surface area contributed by atoms with E-state index in [4.69, 9.17) is 5.11 Å². The number of nitrogens with one attached hydrogen (secondary N) is 1. The molecule has 0 spiro atoms. The molecule has 1 aliphatic rings. The van der Waals surface area contributed by atoms with Crippen LogP contribution in [0.2, 0.25) is 0 Å². The van der Waals surface area contributed by atoms with E-state index in [0.29, 0.717) is 6.54 Å². The summed E-state index contributed by atoms with van der Waals surface area (Å²) in [5.41, 5.74) is 0.999. The molecule has 1 aliphatic carbocycles. The molecule has 1 fully saturated rings. The lowest BCUT2D eigenvalue weighted by Gasteiger charge is -2.36. The van der Waals surface area contributed by atoms with Crippen LogP contribution < -0.4 is 5.32 Å². The highest BCUT2D eigenvalue weighted by Crippen LogP contribution is 2.28. The fraction of sp³-hybridized carbons (Fsp3) is 0.769. The zero-order chi connectivity index (χ0) is 12.8. The van der Waals surface area contributed by atoms with Gasteiger partial charge in [-0.15, -0.1) is 0 Å². The van der Waals surface area contributed by atoms with Crippen molar-refractivity contribution in [3.05, 3.63) is 18.0 Å². The summed E-state index contributed by atoms with van der Waals surface area (Å²) < 4.78 is 1.74. The van der Waals surface area contributed by atoms with Crippen LogP contribution in [0.1, 0.15) is 37.7 Å². The summed E-state index contributed by atoms with van der Waals surface area (Å²) in [4.78, 5) is 0. The van der Waals surface area contributed by atoms with Crippen molar-refractivity contribution in [2.24, 2.45) is 0 Å². The molecule has 0 amide bonds. The maximum absolute atomic E-state index is 9.59. The van der Waals surface area contributed by atoms with Crippen molar-refractivity contribution in [2.75, 3.05) is 13.2 Å². The maximum atomic E-state index is 9.59. The normalized spacial score (nSPS) is 19.0. The van der Waals surface area contributed by atoms with E-state index in [1.54, 1.807) is 4.68 Å². The standard InChI is InChI=1S/C13H23N3O2/c17-7-6-16-10-12(9-15-16)8-14-13(11-18)4-2-1-3-5-13/h9-10,14,17-18H,1-8,11H2. The molecule has 5 heteroatoms. The van der Waals surface area contributed by atoms with Crippen LogP contribution in [-0.2, 0) is 13.1 Å². The summed E-state index contributed by atoms with van der Waals surface area (Å²) >= 11 is 0. The second-order valence-electron chi connectivity index (χ2n) is 5.19. The van der Waals surface area contributed by atoms with Gasteiger partial charge in [0.05, 0.1) is 26.0 Å². The molecule has 2 rings (SSSR count). The number of rotatable bonds is 6. The van der Waals surface area contributed by atoms with E-state index < -0.39 is 0 Å². The molecule has 0 aliphatic heterocycles. The molecule has 0 bridgehead atoms. The second-order valence-corrected chi connectivity index (χ2v) is 5.19. The zero-order valence-corrected chi connectivity index (χ0v) is 10.8. The zero-order valence-electron chi connectivity index (χ0n) is 10.8. The van der Waals surface area contributed by atoms with Gasteiger partial charge in [-0.25, -0.2) is 0 Å². The number of aliphatic hydroxyl groups excluding tert-OH is 2. The molecule has 0 radical (unpaired) electrons. The molecule has 0 saturated heterocycles. The molecule has 0 aromatic carbocycles. The quantitative estimate of drug-likeness (QED) is 0.696. The number of aromatic nitrogens is 2. The highest BCUT2D eigenvalue weighted by atomic mass is 16.3. The first-order valence-electron chi connectivity index (χ1n) is 6.76. The van der Waals surface area contributed by atoms with Crippen molar-refractivity contribution >= 4 is 0 Å². The third kappa shape index (κ3) is 3.31. The van der Waals surface area contributed by atoms with Gasteiger partial charge < -0.3 is 15.5 Å². The second kappa shape index (κ2) is 6.31. The van der Waals surface area contributed by atoms with E-state index in [1.165, 1.54) is 19.3 Å². The Balaban J connectivity index is 1.88. The van der Waals surface area contributed by atoms with Gasteiger partial charge in [0.2, 0.25) is 0 Å². The van der Waals surface area contributed by atoms with Crippen LogP contribution in [0.25, 0.3) is 0 Å². The van der Waals surface area contributed by atoms with Gasteiger partial charge in [0.1, 0.15) is 0 Å². The Kier molecular flexibility index (Phi) is 4.74. The molecule has 1 saturated carbocycles. The van der Waals surface area contributed by atoms with Gasteiger partial charge >= 0.3 is 0 Å². The van der Waals surface area contributed by atoms with Gasteiger partial charge in [0.25, 0.3) is 0 Å². The van der Waals surface area contributed by atoms with E-state index in [-0.39, 0.29) is 18.8 Å². The summed E-state index contributed by atoms with van der Waals surface area (Å²) in [6.07, 6.45) is 9.52. The van der Waals surface area contributed by atoms with Gasteiger partial charge in [0, 0.05) is 23.8 Å². The Morgan fingerprint density at radius 3 is 2.72 bits per heavy atom. The summed E-state index contributed by atoms with van der Waals surface area (Å²) in [6, 6.07) is 0. The van der Waals surface area contributed by atoms with Crippen molar-refractivity contribution in [1.29, 1.82) is 0 Å². The number of nitrogens with zero attached hydrogens (tertiary/aromatic N) is 2. The summed E-state index contributed by atoms with van der Waals surface area (Å²) in [5.74, 6) is 0. The lowest BCUT2D eigenvalue weighted by Crippen LogP contribution is -2.49. The molecule has 102 valence electrons. The molecule has 18 heavy (non-hydrogen) atoms. The minimum absolute atomic E-state index is 0.0999. The van der Waals surface area contributed by atoms with Gasteiger partial charge in [-0.05, 0) is 12.8 Å². The first-order chi connectivity index (χ1) is 8.78. The van der Waals surface area contributed by atoms with Crippen LogP contribution in [0.3, 0.4) is 0 Å². The molecule has 0 atom stereocenters. The Morgan fingerprint density at radius 1 is 1.28 bits per heavy atom. The molecular formula is C13H23N3O2. The van der Waals surface area contributed by atoms with Crippen LogP contribution in [0.5, 0.6) is 0 Å². The van der Waals surface area contributed by atoms with Crippen molar-refractivity contribution in [3.63, 3.8) is 0 Å². The fourth-order valence-corrected chi connectivity index (χ4v) is 2.63. The SMILES string of the molecule is OCCn1cc(CNC2(CO)CCCCC2)cn1. The average Bonchev–Trinajstić information content (AvgIpc) is 2.86. The Bertz CT molecular complexity index is 359. The van der Waals surface area contributed by atoms with Crippen molar-refractivity contribution in [2.45, 2.75) is 50.7 Å². The predicted molar refractivity (Wildman–Crippen MR) is 69.1 cm³/mol. The minimum atomic E-state index is -0.0999. The van der Waals surface area contributed by atoms with E-state index >= 15 is 0 Å². The topological polar surface area (TPSA) is 70.3 Å². The monoisotopic (exact) mass is 253 g/mol. The highest BCUT2D eigenvalue weighted by Gasteiger charge is 2.30. The fourth-order valence-electron chi connectivity index (χ4n) is 2.63. The van der Waals surface area contributed by atoms with Crippen LogP contribution in [-0.4, -0.2) is 38.7 Å². The van der Waals surface area contributed by atoms with Gasteiger partial charge in [-0.2, -0.15) is 5.10 Å². The van der Waals surface area contributed by atoms with Crippen molar-refractivity contribution in [1.82, 2.24) is 15.1 Å². The van der Waals surface area contributed by atoms with Gasteiger partial charge in [0.15, 0.2) is 0 Å². The summed E-state index contributed by atoms with van der Waals surface area (Å²) in [6.45, 7) is 1.57. The minimum Gasteiger partial charge on any atom is -0.394 e. The number of hydrogen-bond donors (Lipinski definition) is 3. The van der Waals surface area contributed by atoms with E-state index in [2.05, 4.69) is 10.4 Å². The lowest BCUT2D eigenvalue weighted by molar-refractivity contribution is 0.119. The van der Waals surface area contributed by atoms with Crippen LogP contribution in [0, 0.1) is 0 Å². The number of hydrogen-bond acceptors (Lipinski definition) is 4. The van der Waals surface area contributed by atoms with E-state index in [0.717, 1.165) is 24.9 Å². The third-order valence-corrected chi connectivity index (χ3v) is 3.80. The lowest BCUT2D eigenvalue weighted by atomic mass is 9.82. The Labute approximate surface area is 108 Å². The van der Waals surface area contributed by atoms with Crippen molar-refractivity contribution < 1.29 is 10.2 Å². The smallest absolute Gasteiger partial charge is 0.0640 e. The molecular weight excluding hydrogens is 230 g/mol.